The van der Waals surface area contributed by atoms with Gasteiger partial charge in [0.15, 0.2) is 16.3 Å². The van der Waals surface area contributed by atoms with Gasteiger partial charge in [-0.2, -0.15) is 0 Å². The summed E-state index contributed by atoms with van der Waals surface area (Å²) in [5.74, 6) is 0.591. The second-order valence-corrected chi connectivity index (χ2v) is 9.71. The lowest BCUT2D eigenvalue weighted by Crippen LogP contribution is -2.39. The zero-order valence-corrected chi connectivity index (χ0v) is 22.5. The molecule has 0 saturated carbocycles. The molecule has 0 amide bonds. The van der Waals surface area contributed by atoms with Gasteiger partial charge >= 0.3 is 5.97 Å². The van der Waals surface area contributed by atoms with E-state index >= 15 is 0 Å². The Morgan fingerprint density at radius 1 is 1.28 bits per heavy atom. The molecule has 4 rings (SSSR count). The van der Waals surface area contributed by atoms with E-state index in [2.05, 4.69) is 27.5 Å². The minimum absolute atomic E-state index is 0.227. The van der Waals surface area contributed by atoms with Crippen LogP contribution in [-0.2, 0) is 9.53 Å². The Labute approximate surface area is 220 Å². The van der Waals surface area contributed by atoms with Crippen LogP contribution in [0.2, 0.25) is 0 Å². The molecule has 3 aromatic rings. The van der Waals surface area contributed by atoms with Gasteiger partial charge in [-0.05, 0) is 59.1 Å². The predicted octanol–water partition coefficient (Wildman–Crippen LogP) is 4.13. The zero-order chi connectivity index (χ0) is 25.8. The van der Waals surface area contributed by atoms with E-state index in [1.54, 1.807) is 43.7 Å². The van der Waals surface area contributed by atoms with Crippen LogP contribution in [0, 0.1) is 0 Å². The van der Waals surface area contributed by atoms with Gasteiger partial charge in [0, 0.05) is 0 Å². The number of hydrogen-bond donors (Lipinski definition) is 0. The van der Waals surface area contributed by atoms with Gasteiger partial charge in [-0.25, -0.2) is 9.79 Å². The highest BCUT2D eigenvalue weighted by molar-refractivity contribution is 9.10. The Kier molecular flexibility index (Phi) is 7.91. The van der Waals surface area contributed by atoms with Gasteiger partial charge in [-0.1, -0.05) is 54.3 Å². The highest BCUT2D eigenvalue weighted by Crippen LogP contribution is 2.37. The van der Waals surface area contributed by atoms with E-state index in [1.807, 2.05) is 36.4 Å². The molecule has 1 atom stereocenters. The maximum atomic E-state index is 13.7. The van der Waals surface area contributed by atoms with Crippen LogP contribution in [0.3, 0.4) is 0 Å². The van der Waals surface area contributed by atoms with Crippen LogP contribution in [0.5, 0.6) is 11.5 Å². The van der Waals surface area contributed by atoms with Gasteiger partial charge in [-0.15, -0.1) is 0 Å². The summed E-state index contributed by atoms with van der Waals surface area (Å²) in [5, 5.41) is 0. The van der Waals surface area contributed by atoms with Gasteiger partial charge in [0.2, 0.25) is 0 Å². The monoisotopic (exact) mass is 568 g/mol. The number of aromatic nitrogens is 1. The molecule has 0 fully saturated rings. The number of methoxy groups -OCH3 is 1. The van der Waals surface area contributed by atoms with Crippen molar-refractivity contribution >= 4 is 39.3 Å². The smallest absolute Gasteiger partial charge is 0.338 e. The molecule has 0 saturated heterocycles. The first-order valence-electron chi connectivity index (χ1n) is 11.2. The van der Waals surface area contributed by atoms with Gasteiger partial charge in [0.25, 0.3) is 5.56 Å². The van der Waals surface area contributed by atoms with E-state index < -0.39 is 12.0 Å². The maximum Gasteiger partial charge on any atom is 0.338 e. The van der Waals surface area contributed by atoms with Crippen LogP contribution in [0.15, 0.2) is 80.6 Å². The number of halogens is 1. The number of allylic oxidation sites excluding steroid dienone is 1. The standard InChI is InChI=1S/C27H25BrN2O5S/c1-5-12-35-24-19(28)13-17(14-20(24)33-4)15-21-25(31)30-23(18-10-8-7-9-11-18)22(26(32)34-6-2)16(3)29-27(30)36-21/h5,7-11,13-15,23H,1,6,12H2,2-4H3. The molecular formula is C27H25BrN2O5S. The SMILES string of the molecule is C=CCOc1c(Br)cc(C=c2sc3n(c2=O)C(c2ccccc2)C(C(=O)OCC)=C(C)N=3)cc1OC. The number of fused-ring (bicyclic) bond motifs is 1. The van der Waals surface area contributed by atoms with Crippen LogP contribution >= 0.6 is 27.3 Å². The second-order valence-electron chi connectivity index (χ2n) is 7.85. The Morgan fingerprint density at radius 2 is 2.03 bits per heavy atom. The average molecular weight is 569 g/mol. The number of hydrogen-bond acceptors (Lipinski definition) is 7. The van der Waals surface area contributed by atoms with Crippen molar-refractivity contribution in [3.63, 3.8) is 0 Å². The summed E-state index contributed by atoms with van der Waals surface area (Å²) in [6, 6.07) is 12.4. The summed E-state index contributed by atoms with van der Waals surface area (Å²) < 4.78 is 19.3. The van der Waals surface area contributed by atoms with Gasteiger partial charge in [-0.3, -0.25) is 9.36 Å². The number of benzene rings is 2. The molecular weight excluding hydrogens is 544 g/mol. The van der Waals surface area contributed by atoms with Gasteiger partial charge in [0.1, 0.15) is 6.61 Å². The van der Waals surface area contributed by atoms with Crippen molar-refractivity contribution in [2.45, 2.75) is 19.9 Å². The summed E-state index contributed by atoms with van der Waals surface area (Å²) in [6.45, 7) is 7.74. The first-order chi connectivity index (χ1) is 17.4. The molecule has 0 bridgehead atoms. The normalized spacial score (nSPS) is 15.2. The first-order valence-corrected chi connectivity index (χ1v) is 12.9. The molecule has 1 unspecified atom stereocenters. The third-order valence-electron chi connectivity index (χ3n) is 5.53. The predicted molar refractivity (Wildman–Crippen MR) is 143 cm³/mol. The van der Waals surface area contributed by atoms with Crippen molar-refractivity contribution in [3.8, 4) is 11.5 Å². The number of nitrogens with zero attached hydrogens (tertiary/aromatic N) is 2. The topological polar surface area (TPSA) is 79.1 Å². The number of esters is 1. The zero-order valence-electron chi connectivity index (χ0n) is 20.1. The fourth-order valence-corrected chi connectivity index (χ4v) is 5.62. The molecule has 0 N–H and O–H groups in total. The number of thiazole rings is 1. The van der Waals surface area contributed by atoms with Crippen molar-refractivity contribution in [2.24, 2.45) is 4.99 Å². The Hall–Kier alpha value is -3.43. The highest BCUT2D eigenvalue weighted by atomic mass is 79.9. The number of rotatable bonds is 8. The summed E-state index contributed by atoms with van der Waals surface area (Å²) >= 11 is 4.79. The van der Waals surface area contributed by atoms with Crippen molar-refractivity contribution in [3.05, 3.63) is 102 Å². The van der Waals surface area contributed by atoms with E-state index in [9.17, 15) is 9.59 Å². The molecule has 186 valence electrons. The molecule has 0 radical (unpaired) electrons. The number of carbonyl (C=O) groups is 1. The number of carbonyl (C=O) groups excluding carboxylic acids is 1. The van der Waals surface area contributed by atoms with Gasteiger partial charge in [0.05, 0.1) is 40.0 Å². The lowest BCUT2D eigenvalue weighted by atomic mass is 9.96. The minimum Gasteiger partial charge on any atom is -0.493 e. The largest absolute Gasteiger partial charge is 0.493 e. The highest BCUT2D eigenvalue weighted by Gasteiger charge is 2.33. The van der Waals surface area contributed by atoms with Crippen molar-refractivity contribution < 1.29 is 19.0 Å². The van der Waals surface area contributed by atoms with E-state index in [4.69, 9.17) is 14.2 Å². The van der Waals surface area contributed by atoms with E-state index in [0.29, 0.717) is 43.2 Å². The molecule has 0 aliphatic carbocycles. The Balaban J connectivity index is 1.89. The van der Waals surface area contributed by atoms with E-state index in [-0.39, 0.29) is 12.2 Å². The van der Waals surface area contributed by atoms with Crippen LogP contribution in [0.1, 0.15) is 31.0 Å². The summed E-state index contributed by atoms with van der Waals surface area (Å²) in [4.78, 5) is 31.8. The van der Waals surface area contributed by atoms with Crippen molar-refractivity contribution in [2.75, 3.05) is 20.3 Å². The third-order valence-corrected chi connectivity index (χ3v) is 7.10. The summed E-state index contributed by atoms with van der Waals surface area (Å²) in [5.41, 5.74) is 2.19. The van der Waals surface area contributed by atoms with E-state index in [1.165, 1.54) is 11.3 Å². The van der Waals surface area contributed by atoms with Gasteiger partial charge < -0.3 is 14.2 Å². The summed E-state index contributed by atoms with van der Waals surface area (Å²) in [7, 11) is 1.56. The Bertz CT molecular complexity index is 1520. The van der Waals surface area contributed by atoms with Crippen LogP contribution in [0.4, 0.5) is 0 Å². The quantitative estimate of drug-likeness (QED) is 0.301. The van der Waals surface area contributed by atoms with Crippen molar-refractivity contribution in [1.82, 2.24) is 4.57 Å². The fraction of sp³-hybridized carbons (Fsp3) is 0.222. The van der Waals surface area contributed by atoms with Crippen molar-refractivity contribution in [1.29, 1.82) is 0 Å². The number of ether oxygens (including phenoxy) is 3. The molecule has 2 aromatic carbocycles. The van der Waals surface area contributed by atoms with Crippen LogP contribution < -0.4 is 24.4 Å². The third kappa shape index (κ3) is 4.94. The Morgan fingerprint density at radius 3 is 2.69 bits per heavy atom. The second kappa shape index (κ2) is 11.1. The summed E-state index contributed by atoms with van der Waals surface area (Å²) in [6.07, 6.45) is 3.43. The lowest BCUT2D eigenvalue weighted by Gasteiger charge is -2.24. The average Bonchev–Trinajstić information content (AvgIpc) is 3.17. The fourth-order valence-electron chi connectivity index (χ4n) is 4.00. The lowest BCUT2D eigenvalue weighted by molar-refractivity contribution is -0.139. The van der Waals surface area contributed by atoms with Crippen LogP contribution in [0.25, 0.3) is 6.08 Å². The molecule has 1 aliphatic rings. The van der Waals surface area contributed by atoms with E-state index in [0.717, 1.165) is 11.1 Å². The molecule has 2 heterocycles. The molecule has 9 heteroatoms. The molecule has 1 aliphatic heterocycles. The molecule has 36 heavy (non-hydrogen) atoms. The minimum atomic E-state index is -0.639. The molecule has 1 aromatic heterocycles. The molecule has 7 nitrogen and oxygen atoms in total. The molecule has 0 spiro atoms. The maximum absolute atomic E-state index is 13.7. The van der Waals surface area contributed by atoms with Crippen LogP contribution in [-0.4, -0.2) is 30.9 Å². The first kappa shape index (κ1) is 25.7.